The zero-order valence-corrected chi connectivity index (χ0v) is 14.6. The summed E-state index contributed by atoms with van der Waals surface area (Å²) in [7, 11) is 1.64. The lowest BCUT2D eigenvalue weighted by Crippen LogP contribution is -2.47. The molecule has 130 valence electrons. The topological polar surface area (TPSA) is 32.8 Å². The molecule has 1 fully saturated rings. The van der Waals surface area contributed by atoms with Crippen molar-refractivity contribution in [1.82, 2.24) is 9.80 Å². The van der Waals surface area contributed by atoms with Gasteiger partial charge in [0.25, 0.3) is 0 Å². The fourth-order valence-electron chi connectivity index (χ4n) is 3.04. The number of methoxy groups -OCH3 is 1. The standard InChI is InChI=1S/C21H24N2O2/c1-25-20-10-6-5-9-19(20)11-12-21(24)23-15-13-22(14-16-23)17-18-7-3-2-4-8-18/h2-12H,13-17H2,1H3. The highest BCUT2D eigenvalue weighted by Crippen LogP contribution is 2.19. The fraction of sp³-hybridized carbons (Fsp3) is 0.286. The van der Waals surface area contributed by atoms with Crippen LogP contribution >= 0.6 is 0 Å². The minimum absolute atomic E-state index is 0.0604. The molecule has 25 heavy (non-hydrogen) atoms. The number of benzene rings is 2. The summed E-state index contributed by atoms with van der Waals surface area (Å²) in [5.74, 6) is 0.837. The monoisotopic (exact) mass is 336 g/mol. The SMILES string of the molecule is COc1ccccc1C=CC(=O)N1CCN(Cc2ccccc2)CC1. The van der Waals surface area contributed by atoms with Crippen LogP contribution in [0.4, 0.5) is 0 Å². The molecule has 4 nitrogen and oxygen atoms in total. The van der Waals surface area contributed by atoms with Crippen molar-refractivity contribution in [3.63, 3.8) is 0 Å². The van der Waals surface area contributed by atoms with Gasteiger partial charge >= 0.3 is 0 Å². The summed E-state index contributed by atoms with van der Waals surface area (Å²) in [6.07, 6.45) is 3.47. The second-order valence-corrected chi connectivity index (χ2v) is 6.16. The van der Waals surface area contributed by atoms with Gasteiger partial charge in [-0.1, -0.05) is 48.5 Å². The lowest BCUT2D eigenvalue weighted by atomic mass is 10.1. The maximum atomic E-state index is 12.4. The van der Waals surface area contributed by atoms with Gasteiger partial charge in [-0.15, -0.1) is 0 Å². The predicted octanol–water partition coefficient (Wildman–Crippen LogP) is 3.05. The van der Waals surface area contributed by atoms with Gasteiger partial charge in [-0.2, -0.15) is 0 Å². The average molecular weight is 336 g/mol. The third-order valence-corrected chi connectivity index (χ3v) is 4.48. The van der Waals surface area contributed by atoms with Crippen LogP contribution in [0.15, 0.2) is 60.7 Å². The Morgan fingerprint density at radius 3 is 2.40 bits per heavy atom. The molecule has 0 aromatic heterocycles. The van der Waals surface area contributed by atoms with E-state index in [1.165, 1.54) is 5.56 Å². The zero-order chi connectivity index (χ0) is 17.5. The van der Waals surface area contributed by atoms with E-state index < -0.39 is 0 Å². The molecule has 1 saturated heterocycles. The fourth-order valence-corrected chi connectivity index (χ4v) is 3.04. The summed E-state index contributed by atoms with van der Waals surface area (Å²) >= 11 is 0. The molecule has 0 bridgehead atoms. The highest BCUT2D eigenvalue weighted by molar-refractivity contribution is 5.92. The Balaban J connectivity index is 1.52. The minimum atomic E-state index is 0.0604. The number of nitrogens with zero attached hydrogens (tertiary/aromatic N) is 2. The summed E-state index contributed by atoms with van der Waals surface area (Å²) in [5, 5.41) is 0. The van der Waals surface area contributed by atoms with Crippen molar-refractivity contribution in [1.29, 1.82) is 0 Å². The van der Waals surface area contributed by atoms with Crippen LogP contribution in [0.5, 0.6) is 5.75 Å². The Kier molecular flexibility index (Phi) is 5.86. The summed E-state index contributed by atoms with van der Waals surface area (Å²) in [5.41, 5.74) is 2.24. The number of carbonyl (C=O) groups is 1. The first-order valence-corrected chi connectivity index (χ1v) is 8.62. The second-order valence-electron chi connectivity index (χ2n) is 6.16. The van der Waals surface area contributed by atoms with E-state index >= 15 is 0 Å². The van der Waals surface area contributed by atoms with Gasteiger partial charge in [-0.05, 0) is 17.7 Å². The van der Waals surface area contributed by atoms with Crippen LogP contribution in [0.2, 0.25) is 0 Å². The Morgan fingerprint density at radius 2 is 1.68 bits per heavy atom. The highest BCUT2D eigenvalue weighted by atomic mass is 16.5. The number of carbonyl (C=O) groups excluding carboxylic acids is 1. The van der Waals surface area contributed by atoms with E-state index in [-0.39, 0.29) is 5.91 Å². The van der Waals surface area contributed by atoms with Crippen molar-refractivity contribution >= 4 is 12.0 Å². The molecule has 4 heteroatoms. The van der Waals surface area contributed by atoms with E-state index in [0.29, 0.717) is 0 Å². The molecule has 0 spiro atoms. The van der Waals surface area contributed by atoms with Crippen molar-refractivity contribution < 1.29 is 9.53 Å². The van der Waals surface area contributed by atoms with Gasteiger partial charge in [0, 0.05) is 44.4 Å². The number of hydrogen-bond donors (Lipinski definition) is 0. The molecular weight excluding hydrogens is 312 g/mol. The van der Waals surface area contributed by atoms with E-state index in [1.807, 2.05) is 41.3 Å². The zero-order valence-electron chi connectivity index (χ0n) is 14.6. The molecule has 1 aliphatic heterocycles. The maximum Gasteiger partial charge on any atom is 0.246 e. The summed E-state index contributed by atoms with van der Waals surface area (Å²) in [4.78, 5) is 16.7. The van der Waals surface area contributed by atoms with Crippen molar-refractivity contribution in [2.75, 3.05) is 33.3 Å². The second kappa shape index (κ2) is 8.49. The molecule has 1 heterocycles. The van der Waals surface area contributed by atoms with Gasteiger partial charge in [0.2, 0.25) is 5.91 Å². The first-order valence-electron chi connectivity index (χ1n) is 8.62. The number of amides is 1. The molecule has 0 unspecified atom stereocenters. The van der Waals surface area contributed by atoms with Gasteiger partial charge in [0.15, 0.2) is 0 Å². The number of hydrogen-bond acceptors (Lipinski definition) is 3. The maximum absolute atomic E-state index is 12.4. The predicted molar refractivity (Wildman–Crippen MR) is 100 cm³/mol. The normalized spacial score (nSPS) is 15.5. The molecule has 1 amide bonds. The molecule has 1 aliphatic rings. The Bertz CT molecular complexity index is 720. The Labute approximate surface area is 149 Å². The third-order valence-electron chi connectivity index (χ3n) is 4.48. The van der Waals surface area contributed by atoms with Crippen LogP contribution in [-0.4, -0.2) is 49.0 Å². The number of piperazine rings is 1. The molecular formula is C21H24N2O2. The average Bonchev–Trinajstić information content (AvgIpc) is 2.67. The molecule has 0 N–H and O–H groups in total. The summed E-state index contributed by atoms with van der Waals surface area (Å²) in [6, 6.07) is 18.2. The van der Waals surface area contributed by atoms with Crippen LogP contribution in [0.25, 0.3) is 6.08 Å². The van der Waals surface area contributed by atoms with Crippen molar-refractivity contribution in [3.8, 4) is 5.75 Å². The summed E-state index contributed by atoms with van der Waals surface area (Å²) in [6.45, 7) is 4.29. The molecule has 2 aromatic rings. The van der Waals surface area contributed by atoms with Crippen LogP contribution in [0.1, 0.15) is 11.1 Å². The van der Waals surface area contributed by atoms with Crippen LogP contribution in [0.3, 0.4) is 0 Å². The van der Waals surface area contributed by atoms with Gasteiger partial charge < -0.3 is 9.64 Å². The summed E-state index contributed by atoms with van der Waals surface area (Å²) < 4.78 is 5.31. The molecule has 0 atom stereocenters. The minimum Gasteiger partial charge on any atom is -0.496 e. The Morgan fingerprint density at radius 1 is 1.00 bits per heavy atom. The van der Waals surface area contributed by atoms with Crippen molar-refractivity contribution in [3.05, 3.63) is 71.8 Å². The molecule has 3 rings (SSSR count). The first kappa shape index (κ1) is 17.2. The van der Waals surface area contributed by atoms with E-state index in [0.717, 1.165) is 44.0 Å². The Hall–Kier alpha value is -2.59. The van der Waals surface area contributed by atoms with Gasteiger partial charge in [-0.25, -0.2) is 0 Å². The smallest absolute Gasteiger partial charge is 0.246 e. The van der Waals surface area contributed by atoms with Crippen LogP contribution in [-0.2, 0) is 11.3 Å². The largest absolute Gasteiger partial charge is 0.496 e. The quantitative estimate of drug-likeness (QED) is 0.787. The third kappa shape index (κ3) is 4.70. The van der Waals surface area contributed by atoms with E-state index in [1.54, 1.807) is 13.2 Å². The number of rotatable bonds is 5. The lowest BCUT2D eigenvalue weighted by molar-refractivity contribution is -0.127. The molecule has 0 saturated carbocycles. The van der Waals surface area contributed by atoms with Crippen molar-refractivity contribution in [2.24, 2.45) is 0 Å². The van der Waals surface area contributed by atoms with Gasteiger partial charge in [0.1, 0.15) is 5.75 Å². The van der Waals surface area contributed by atoms with Crippen LogP contribution in [0, 0.1) is 0 Å². The first-order chi connectivity index (χ1) is 12.3. The molecule has 0 aliphatic carbocycles. The number of ether oxygens (including phenoxy) is 1. The lowest BCUT2D eigenvalue weighted by Gasteiger charge is -2.34. The van der Waals surface area contributed by atoms with Crippen molar-refractivity contribution in [2.45, 2.75) is 6.54 Å². The van der Waals surface area contributed by atoms with E-state index in [2.05, 4.69) is 29.2 Å². The van der Waals surface area contributed by atoms with Gasteiger partial charge in [-0.3, -0.25) is 9.69 Å². The van der Waals surface area contributed by atoms with E-state index in [4.69, 9.17) is 4.74 Å². The molecule has 0 radical (unpaired) electrons. The highest BCUT2D eigenvalue weighted by Gasteiger charge is 2.19. The van der Waals surface area contributed by atoms with Crippen LogP contribution < -0.4 is 4.74 Å². The molecule has 2 aromatic carbocycles. The van der Waals surface area contributed by atoms with E-state index in [9.17, 15) is 4.79 Å². The van der Waals surface area contributed by atoms with Gasteiger partial charge in [0.05, 0.1) is 7.11 Å². The number of para-hydroxylation sites is 1.